The van der Waals surface area contributed by atoms with Crippen LogP contribution in [0.3, 0.4) is 0 Å². The molecule has 0 aliphatic carbocycles. The van der Waals surface area contributed by atoms with Gasteiger partial charge in [-0.25, -0.2) is 13.6 Å². The predicted octanol–water partition coefficient (Wildman–Crippen LogP) is 5.64. The normalized spacial score (nSPS) is 17.6. The van der Waals surface area contributed by atoms with Crippen LogP contribution in [-0.4, -0.2) is 47.0 Å². The van der Waals surface area contributed by atoms with Gasteiger partial charge >= 0.3 is 6.09 Å². The standard InChI is InChI=1S/C27H33F2N3O4/c1-18(2)24(33)32-27(19-11-8-7-9-12-19,15-10-16-31(6)25(34)36-26(3,4)5)35-23(30-32)21-17-20(28)13-14-22(21)29/h7-9,11-14,17-18H,10,15-16H2,1-6H3. The molecule has 3 rings (SSSR count). The van der Waals surface area contributed by atoms with Gasteiger partial charge in [-0.15, -0.1) is 5.10 Å². The summed E-state index contributed by atoms with van der Waals surface area (Å²) < 4.78 is 40.3. The molecule has 2 aromatic carbocycles. The minimum atomic E-state index is -1.41. The first kappa shape index (κ1) is 27.1. The van der Waals surface area contributed by atoms with Gasteiger partial charge in [-0.3, -0.25) is 4.79 Å². The van der Waals surface area contributed by atoms with Crippen molar-refractivity contribution in [3.05, 3.63) is 71.3 Å². The molecule has 0 radical (unpaired) electrons. The molecule has 0 fully saturated rings. The summed E-state index contributed by atoms with van der Waals surface area (Å²) in [5.74, 6) is -2.35. The molecular weight excluding hydrogens is 468 g/mol. The van der Waals surface area contributed by atoms with Crippen molar-refractivity contribution in [3.8, 4) is 0 Å². The fourth-order valence-corrected chi connectivity index (χ4v) is 3.81. The van der Waals surface area contributed by atoms with Crippen molar-refractivity contribution in [2.24, 2.45) is 11.0 Å². The maximum absolute atomic E-state index is 14.7. The molecule has 1 unspecified atom stereocenters. The van der Waals surface area contributed by atoms with Crippen LogP contribution in [0.1, 0.15) is 58.6 Å². The van der Waals surface area contributed by atoms with Crippen molar-refractivity contribution in [2.45, 2.75) is 58.8 Å². The molecule has 0 spiro atoms. The molecule has 1 aliphatic rings. The second kappa shape index (κ2) is 10.6. The first-order valence-electron chi connectivity index (χ1n) is 11.9. The van der Waals surface area contributed by atoms with E-state index in [0.29, 0.717) is 18.5 Å². The second-order valence-corrected chi connectivity index (χ2v) is 10.1. The van der Waals surface area contributed by atoms with Gasteiger partial charge in [0.05, 0.1) is 5.56 Å². The van der Waals surface area contributed by atoms with E-state index in [1.807, 2.05) is 6.07 Å². The molecule has 36 heavy (non-hydrogen) atoms. The first-order chi connectivity index (χ1) is 16.8. The van der Waals surface area contributed by atoms with Crippen molar-refractivity contribution in [1.29, 1.82) is 0 Å². The lowest BCUT2D eigenvalue weighted by Gasteiger charge is -2.36. The Labute approximate surface area is 210 Å². The quantitative estimate of drug-likeness (QED) is 0.492. The maximum Gasteiger partial charge on any atom is 0.410 e. The predicted molar refractivity (Wildman–Crippen MR) is 132 cm³/mol. The number of hydrazone groups is 1. The molecule has 194 valence electrons. The van der Waals surface area contributed by atoms with Crippen molar-refractivity contribution in [2.75, 3.05) is 13.6 Å². The van der Waals surface area contributed by atoms with Crippen LogP contribution in [-0.2, 0) is 20.0 Å². The highest BCUT2D eigenvalue weighted by atomic mass is 19.1. The lowest BCUT2D eigenvalue weighted by atomic mass is 9.95. The summed E-state index contributed by atoms with van der Waals surface area (Å²) >= 11 is 0. The third-order valence-electron chi connectivity index (χ3n) is 5.60. The fourth-order valence-electron chi connectivity index (χ4n) is 3.81. The largest absolute Gasteiger partial charge is 0.444 e. The van der Waals surface area contributed by atoms with Gasteiger partial charge in [0.15, 0.2) is 0 Å². The third kappa shape index (κ3) is 6.01. The number of hydrogen-bond donors (Lipinski definition) is 0. The van der Waals surface area contributed by atoms with E-state index in [-0.39, 0.29) is 23.8 Å². The molecule has 0 N–H and O–H groups in total. The number of carbonyl (C=O) groups excluding carboxylic acids is 2. The zero-order chi connectivity index (χ0) is 26.7. The Morgan fingerprint density at radius 2 is 1.81 bits per heavy atom. The summed E-state index contributed by atoms with van der Waals surface area (Å²) in [7, 11) is 1.62. The number of carbonyl (C=O) groups is 2. The number of benzene rings is 2. The number of hydrogen-bond acceptors (Lipinski definition) is 5. The molecule has 0 saturated carbocycles. The zero-order valence-electron chi connectivity index (χ0n) is 21.5. The van der Waals surface area contributed by atoms with Gasteiger partial charge in [0.2, 0.25) is 17.5 Å². The molecule has 1 atom stereocenters. The fraction of sp³-hybridized carbons (Fsp3) is 0.444. The highest BCUT2D eigenvalue weighted by molar-refractivity contribution is 5.97. The van der Waals surface area contributed by atoms with Crippen molar-refractivity contribution < 1.29 is 27.8 Å². The topological polar surface area (TPSA) is 71.4 Å². The minimum absolute atomic E-state index is 0.180. The molecule has 1 aliphatic heterocycles. The van der Waals surface area contributed by atoms with Gasteiger partial charge in [-0.1, -0.05) is 44.2 Å². The molecule has 7 nitrogen and oxygen atoms in total. The number of ether oxygens (including phenoxy) is 2. The van der Waals surface area contributed by atoms with E-state index in [9.17, 15) is 18.4 Å². The van der Waals surface area contributed by atoms with Crippen LogP contribution in [0.4, 0.5) is 13.6 Å². The zero-order valence-corrected chi connectivity index (χ0v) is 21.5. The maximum atomic E-state index is 14.7. The Morgan fingerprint density at radius 1 is 1.14 bits per heavy atom. The van der Waals surface area contributed by atoms with E-state index in [1.165, 1.54) is 9.91 Å². The summed E-state index contributed by atoms with van der Waals surface area (Å²) in [5, 5.41) is 5.58. The van der Waals surface area contributed by atoms with E-state index in [1.54, 1.807) is 65.9 Å². The second-order valence-electron chi connectivity index (χ2n) is 10.1. The minimum Gasteiger partial charge on any atom is -0.444 e. The van der Waals surface area contributed by atoms with Gasteiger partial charge in [-0.05, 0) is 45.4 Å². The van der Waals surface area contributed by atoms with E-state index in [0.717, 1.165) is 18.2 Å². The molecule has 1 heterocycles. The van der Waals surface area contributed by atoms with Gasteiger partial charge in [-0.2, -0.15) is 5.01 Å². The van der Waals surface area contributed by atoms with Crippen molar-refractivity contribution in [3.63, 3.8) is 0 Å². The van der Waals surface area contributed by atoms with Gasteiger partial charge in [0, 0.05) is 31.5 Å². The van der Waals surface area contributed by atoms with Crippen LogP contribution >= 0.6 is 0 Å². The third-order valence-corrected chi connectivity index (χ3v) is 5.60. The van der Waals surface area contributed by atoms with Crippen LogP contribution in [0.25, 0.3) is 0 Å². The van der Waals surface area contributed by atoms with E-state index >= 15 is 0 Å². The summed E-state index contributed by atoms with van der Waals surface area (Å²) in [6.45, 7) is 9.12. The molecule has 0 bridgehead atoms. The van der Waals surface area contributed by atoms with Crippen LogP contribution in [0.5, 0.6) is 0 Å². The molecule has 2 aromatic rings. The molecule has 0 aromatic heterocycles. The Bertz CT molecular complexity index is 1130. The van der Waals surface area contributed by atoms with Gasteiger partial charge < -0.3 is 14.4 Å². The Hall–Kier alpha value is -3.49. The van der Waals surface area contributed by atoms with Crippen molar-refractivity contribution in [1.82, 2.24) is 9.91 Å². The van der Waals surface area contributed by atoms with Gasteiger partial charge in [0.1, 0.15) is 17.2 Å². The first-order valence-corrected chi connectivity index (χ1v) is 11.9. The Morgan fingerprint density at radius 3 is 2.42 bits per heavy atom. The monoisotopic (exact) mass is 501 g/mol. The molecule has 9 heteroatoms. The molecule has 0 saturated heterocycles. The Kier molecular flexibility index (Phi) is 8.01. The van der Waals surface area contributed by atoms with E-state index in [2.05, 4.69) is 5.10 Å². The van der Waals surface area contributed by atoms with Gasteiger partial charge in [0.25, 0.3) is 0 Å². The van der Waals surface area contributed by atoms with E-state index in [4.69, 9.17) is 9.47 Å². The Balaban J connectivity index is 1.97. The van der Waals surface area contributed by atoms with E-state index < -0.39 is 35.0 Å². The number of nitrogens with zero attached hydrogens (tertiary/aromatic N) is 3. The smallest absolute Gasteiger partial charge is 0.410 e. The lowest BCUT2D eigenvalue weighted by molar-refractivity contribution is -0.156. The lowest BCUT2D eigenvalue weighted by Crippen LogP contribution is -2.47. The summed E-state index contributed by atoms with van der Waals surface area (Å²) in [5.41, 5.74) is -1.61. The van der Waals surface area contributed by atoms with Crippen LogP contribution in [0.2, 0.25) is 0 Å². The highest BCUT2D eigenvalue weighted by Gasteiger charge is 2.50. The van der Waals surface area contributed by atoms with Crippen LogP contribution in [0.15, 0.2) is 53.6 Å². The summed E-state index contributed by atoms with van der Waals surface area (Å²) in [6.07, 6.45) is 0.158. The molecule has 2 amide bonds. The van der Waals surface area contributed by atoms with Crippen molar-refractivity contribution >= 4 is 17.9 Å². The summed E-state index contributed by atoms with van der Waals surface area (Å²) in [4.78, 5) is 27.2. The molecular formula is C27H33F2N3O4. The van der Waals surface area contributed by atoms with Crippen LogP contribution < -0.4 is 0 Å². The average Bonchev–Trinajstić information content (AvgIpc) is 3.19. The number of amides is 2. The average molecular weight is 502 g/mol. The summed E-state index contributed by atoms with van der Waals surface area (Å²) in [6, 6.07) is 12.0. The van der Waals surface area contributed by atoms with Crippen LogP contribution in [0, 0.1) is 17.6 Å². The number of rotatable bonds is 7. The highest BCUT2D eigenvalue weighted by Crippen LogP contribution is 2.42. The number of halogens is 2. The SMILES string of the molecule is CC(C)C(=O)N1N=C(c2cc(F)ccc2F)OC1(CCCN(C)C(=O)OC(C)(C)C)c1ccccc1.